The van der Waals surface area contributed by atoms with Crippen LogP contribution in [0, 0.1) is 0 Å². The van der Waals surface area contributed by atoms with E-state index < -0.39 is 29.8 Å². The van der Waals surface area contributed by atoms with Crippen molar-refractivity contribution in [3.63, 3.8) is 0 Å². The normalized spacial score (nSPS) is 11.9. The maximum absolute atomic E-state index is 12.4. The second-order valence-corrected chi connectivity index (χ2v) is 3.52. The van der Waals surface area contributed by atoms with Crippen LogP contribution in [0.4, 0.5) is 13.2 Å². The first-order valence-corrected chi connectivity index (χ1v) is 4.68. The molecule has 0 amide bonds. The van der Waals surface area contributed by atoms with Crippen LogP contribution in [0.25, 0.3) is 5.65 Å². The van der Waals surface area contributed by atoms with E-state index in [-0.39, 0.29) is 11.3 Å². The van der Waals surface area contributed by atoms with Crippen molar-refractivity contribution in [3.05, 3.63) is 33.9 Å². The van der Waals surface area contributed by atoms with Gasteiger partial charge in [0.2, 0.25) is 0 Å². The molecule has 18 heavy (non-hydrogen) atoms. The van der Waals surface area contributed by atoms with Crippen molar-refractivity contribution in [2.45, 2.75) is 12.6 Å². The fraction of sp³-hybridized carbons (Fsp3) is 0.222. The molecule has 96 valence electrons. The lowest BCUT2D eigenvalue weighted by atomic mass is 10.3. The van der Waals surface area contributed by atoms with E-state index in [0.29, 0.717) is 10.6 Å². The largest absolute Gasteiger partial charge is 0.481 e. The highest BCUT2D eigenvalue weighted by Crippen LogP contribution is 2.27. The summed E-state index contributed by atoms with van der Waals surface area (Å²) in [5, 5.41) is 10.4. The van der Waals surface area contributed by atoms with Crippen molar-refractivity contribution < 1.29 is 23.1 Å². The Hall–Kier alpha value is -2.32. The van der Waals surface area contributed by atoms with Gasteiger partial charge in [-0.2, -0.15) is 13.2 Å². The number of carbonyl (C=O) groups is 1. The predicted octanol–water partition coefficient (Wildman–Crippen LogP) is 0.668. The molecule has 0 aliphatic heterocycles. The number of carboxylic acids is 1. The van der Waals surface area contributed by atoms with Gasteiger partial charge in [0.1, 0.15) is 5.69 Å². The van der Waals surface area contributed by atoms with Gasteiger partial charge >= 0.3 is 12.1 Å². The molecule has 0 saturated carbocycles. The van der Waals surface area contributed by atoms with Crippen LogP contribution in [-0.4, -0.2) is 25.7 Å². The third kappa shape index (κ3) is 2.19. The van der Waals surface area contributed by atoms with Gasteiger partial charge in [-0.05, 0) is 0 Å². The molecular weight excluding hydrogens is 255 g/mol. The molecule has 2 rings (SSSR count). The first kappa shape index (κ1) is 12.1. The van der Waals surface area contributed by atoms with E-state index in [1.807, 2.05) is 5.10 Å². The van der Waals surface area contributed by atoms with Crippen molar-refractivity contribution in [2.75, 3.05) is 0 Å². The molecule has 0 spiro atoms. The topological polar surface area (TPSA) is 87.5 Å². The summed E-state index contributed by atoms with van der Waals surface area (Å²) in [5.41, 5.74) is -2.29. The van der Waals surface area contributed by atoms with Gasteiger partial charge in [-0.15, -0.1) is 0 Å². The summed E-state index contributed by atoms with van der Waals surface area (Å²) in [4.78, 5) is 25.6. The van der Waals surface area contributed by atoms with Gasteiger partial charge in [0, 0.05) is 12.1 Å². The summed E-state index contributed by atoms with van der Waals surface area (Å²) >= 11 is 0. The minimum absolute atomic E-state index is 0.0970. The van der Waals surface area contributed by atoms with E-state index in [2.05, 4.69) is 4.98 Å². The highest BCUT2D eigenvalue weighted by Gasteiger charge is 2.33. The average molecular weight is 261 g/mol. The lowest BCUT2D eigenvalue weighted by molar-refractivity contribution is -0.141. The molecule has 2 N–H and O–H groups in total. The van der Waals surface area contributed by atoms with Crippen molar-refractivity contribution in [1.82, 2.24) is 14.6 Å². The van der Waals surface area contributed by atoms with E-state index in [4.69, 9.17) is 5.11 Å². The minimum Gasteiger partial charge on any atom is -0.481 e. The van der Waals surface area contributed by atoms with Crippen LogP contribution in [0.5, 0.6) is 0 Å². The third-order valence-corrected chi connectivity index (χ3v) is 2.14. The Labute approximate surface area is 96.7 Å². The van der Waals surface area contributed by atoms with E-state index in [1.165, 1.54) is 0 Å². The fourth-order valence-electron chi connectivity index (χ4n) is 1.43. The molecule has 0 bridgehead atoms. The van der Waals surface area contributed by atoms with Crippen LogP contribution in [0.2, 0.25) is 0 Å². The molecule has 0 aliphatic rings. The summed E-state index contributed by atoms with van der Waals surface area (Å²) in [6, 6.07) is 1.52. The number of hydrogen-bond donors (Lipinski definition) is 2. The summed E-state index contributed by atoms with van der Waals surface area (Å²) in [7, 11) is 0. The molecule has 0 unspecified atom stereocenters. The number of alkyl halides is 3. The molecule has 9 heteroatoms. The second-order valence-electron chi connectivity index (χ2n) is 3.52. The molecule has 0 saturated heterocycles. The molecule has 6 nitrogen and oxygen atoms in total. The quantitative estimate of drug-likeness (QED) is 0.831. The molecule has 0 atom stereocenters. The number of nitrogens with one attached hydrogen (secondary N) is 1. The van der Waals surface area contributed by atoms with Crippen LogP contribution >= 0.6 is 0 Å². The van der Waals surface area contributed by atoms with Crippen molar-refractivity contribution in [3.8, 4) is 0 Å². The summed E-state index contributed by atoms with van der Waals surface area (Å²) in [6.45, 7) is 0. The molecule has 2 aromatic rings. The number of halogens is 3. The van der Waals surface area contributed by atoms with Crippen LogP contribution in [0.1, 0.15) is 11.4 Å². The van der Waals surface area contributed by atoms with Crippen LogP contribution < -0.4 is 5.56 Å². The average Bonchev–Trinajstić information content (AvgIpc) is 2.59. The van der Waals surface area contributed by atoms with E-state index in [9.17, 15) is 22.8 Å². The number of fused-ring (bicyclic) bond motifs is 1. The number of hydrogen-bond acceptors (Lipinski definition) is 3. The minimum atomic E-state index is -4.63. The predicted molar refractivity (Wildman–Crippen MR) is 52.2 cm³/mol. The summed E-state index contributed by atoms with van der Waals surface area (Å²) in [5.74, 6) is -1.22. The highest BCUT2D eigenvalue weighted by atomic mass is 19.4. The maximum atomic E-state index is 12.4. The molecule has 0 aromatic carbocycles. The Balaban J connectivity index is 2.59. The van der Waals surface area contributed by atoms with E-state index in [0.717, 1.165) is 6.07 Å². The molecule has 0 aliphatic carbocycles. The van der Waals surface area contributed by atoms with Crippen molar-refractivity contribution in [1.29, 1.82) is 0 Å². The van der Waals surface area contributed by atoms with Gasteiger partial charge in [-0.3, -0.25) is 14.7 Å². The number of aliphatic carboxylic acids is 1. The SMILES string of the molecule is O=C(O)Cc1cc(=O)n2[nH]c(C(F)(F)F)cc2n1. The number of rotatable bonds is 2. The zero-order chi connectivity index (χ0) is 13.5. The Morgan fingerprint density at radius 2 is 2.11 bits per heavy atom. The summed E-state index contributed by atoms with van der Waals surface area (Å²) in [6.07, 6.45) is -5.16. The monoisotopic (exact) mass is 261 g/mol. The van der Waals surface area contributed by atoms with Gasteiger partial charge in [0.05, 0.1) is 12.1 Å². The van der Waals surface area contributed by atoms with Crippen molar-refractivity contribution in [2.24, 2.45) is 0 Å². The van der Waals surface area contributed by atoms with E-state index in [1.54, 1.807) is 0 Å². The molecular formula is C9H6F3N3O3. The van der Waals surface area contributed by atoms with Crippen LogP contribution in [-0.2, 0) is 17.4 Å². The smallest absolute Gasteiger partial charge is 0.432 e. The van der Waals surface area contributed by atoms with Gasteiger partial charge in [-0.25, -0.2) is 9.50 Å². The lowest BCUT2D eigenvalue weighted by Crippen LogP contribution is -2.17. The van der Waals surface area contributed by atoms with Crippen molar-refractivity contribution >= 4 is 11.6 Å². The molecule has 0 fully saturated rings. The van der Waals surface area contributed by atoms with Gasteiger partial charge in [0.25, 0.3) is 5.56 Å². The number of aromatic amines is 1. The molecule has 0 radical (unpaired) electrons. The Morgan fingerprint density at radius 1 is 1.44 bits per heavy atom. The van der Waals surface area contributed by atoms with Gasteiger partial charge < -0.3 is 5.11 Å². The number of carboxylic acid groups (broad SMARTS) is 1. The fourth-order valence-corrected chi connectivity index (χ4v) is 1.43. The molecule has 2 aromatic heterocycles. The number of aromatic nitrogens is 3. The maximum Gasteiger partial charge on any atom is 0.432 e. The van der Waals surface area contributed by atoms with Crippen LogP contribution in [0.3, 0.4) is 0 Å². The Kier molecular flexibility index (Phi) is 2.60. The highest BCUT2D eigenvalue weighted by molar-refractivity contribution is 5.69. The number of H-pyrrole nitrogens is 1. The molecule has 2 heterocycles. The lowest BCUT2D eigenvalue weighted by Gasteiger charge is -2.00. The van der Waals surface area contributed by atoms with Gasteiger partial charge in [0.15, 0.2) is 5.65 Å². The standard InChI is InChI=1S/C9H6F3N3O3/c10-9(11,12)5-3-6-13-4(2-8(17)18)1-7(16)15(6)14-5/h1,3,14H,2H2,(H,17,18). The van der Waals surface area contributed by atoms with Crippen LogP contribution in [0.15, 0.2) is 16.9 Å². The summed E-state index contributed by atoms with van der Waals surface area (Å²) < 4.78 is 37.8. The van der Waals surface area contributed by atoms with E-state index >= 15 is 0 Å². The Bertz CT molecular complexity index is 671. The Morgan fingerprint density at radius 3 is 2.67 bits per heavy atom. The second kappa shape index (κ2) is 3.86. The first-order chi connectivity index (χ1) is 8.27. The zero-order valence-corrected chi connectivity index (χ0v) is 8.65. The first-order valence-electron chi connectivity index (χ1n) is 4.68. The van der Waals surface area contributed by atoms with Gasteiger partial charge in [-0.1, -0.05) is 0 Å². The zero-order valence-electron chi connectivity index (χ0n) is 8.65. The number of nitrogens with zero attached hydrogens (tertiary/aromatic N) is 2. The third-order valence-electron chi connectivity index (χ3n) is 2.14.